The van der Waals surface area contributed by atoms with Crippen LogP contribution in [0.15, 0.2) is 23.2 Å². The van der Waals surface area contributed by atoms with Gasteiger partial charge in [-0.3, -0.25) is 4.99 Å². The van der Waals surface area contributed by atoms with Gasteiger partial charge in [-0.1, -0.05) is 0 Å². The third-order valence-corrected chi connectivity index (χ3v) is 2.65. The third-order valence-electron chi connectivity index (χ3n) is 2.65. The molecule has 0 spiro atoms. The summed E-state index contributed by atoms with van der Waals surface area (Å²) in [6.45, 7) is 3.40. The molecule has 1 aromatic carbocycles. The Balaban J connectivity index is 2.83. The van der Waals surface area contributed by atoms with Crippen LogP contribution in [0.3, 0.4) is 0 Å². The van der Waals surface area contributed by atoms with Crippen molar-refractivity contribution in [2.24, 2.45) is 4.99 Å². The number of ether oxygens (including phenoxy) is 2. The molecule has 0 saturated heterocycles. The second kappa shape index (κ2) is 7.82. The van der Waals surface area contributed by atoms with E-state index in [1.807, 2.05) is 20.8 Å². The Hall–Kier alpha value is -2.05. The standard InChI is InChI=1S/C15H23F2N3O2/c1-15(2,3)20-14(18-4)19-9-10-6-7-11(21-5)8-12(10)22-13(16)17/h6-8,13H,9H2,1-5H3,(H2,18,19,20). The van der Waals surface area contributed by atoms with Crippen LogP contribution in [0, 0.1) is 0 Å². The zero-order valence-electron chi connectivity index (χ0n) is 13.5. The summed E-state index contributed by atoms with van der Waals surface area (Å²) in [5.74, 6) is 1.11. The zero-order valence-corrected chi connectivity index (χ0v) is 13.5. The molecule has 0 saturated carbocycles. The second-order valence-electron chi connectivity index (χ2n) is 5.65. The minimum atomic E-state index is -2.89. The maximum atomic E-state index is 12.5. The first-order chi connectivity index (χ1) is 10.2. The van der Waals surface area contributed by atoms with Crippen molar-refractivity contribution in [3.8, 4) is 11.5 Å². The van der Waals surface area contributed by atoms with E-state index < -0.39 is 6.61 Å². The lowest BCUT2D eigenvalue weighted by atomic mass is 10.1. The molecule has 0 fully saturated rings. The number of methoxy groups -OCH3 is 1. The van der Waals surface area contributed by atoms with E-state index in [2.05, 4.69) is 20.4 Å². The van der Waals surface area contributed by atoms with Crippen molar-refractivity contribution >= 4 is 5.96 Å². The van der Waals surface area contributed by atoms with Crippen molar-refractivity contribution < 1.29 is 18.3 Å². The van der Waals surface area contributed by atoms with Crippen LogP contribution < -0.4 is 20.1 Å². The van der Waals surface area contributed by atoms with E-state index in [0.717, 1.165) is 0 Å². The lowest BCUT2D eigenvalue weighted by Gasteiger charge is -2.24. The monoisotopic (exact) mass is 315 g/mol. The SMILES string of the molecule is CN=C(NCc1ccc(OC)cc1OC(F)F)NC(C)(C)C. The number of alkyl halides is 2. The largest absolute Gasteiger partial charge is 0.497 e. The molecule has 0 unspecified atom stereocenters. The van der Waals surface area contributed by atoms with E-state index in [0.29, 0.717) is 23.8 Å². The highest BCUT2D eigenvalue weighted by atomic mass is 19.3. The third kappa shape index (κ3) is 6.15. The molecular formula is C15H23F2N3O2. The van der Waals surface area contributed by atoms with E-state index in [9.17, 15) is 8.78 Å². The van der Waals surface area contributed by atoms with Crippen molar-refractivity contribution in [2.45, 2.75) is 39.5 Å². The van der Waals surface area contributed by atoms with Gasteiger partial charge in [0.2, 0.25) is 0 Å². The van der Waals surface area contributed by atoms with Crippen LogP contribution in [-0.2, 0) is 6.54 Å². The summed E-state index contributed by atoms with van der Waals surface area (Å²) in [6.07, 6.45) is 0. The van der Waals surface area contributed by atoms with Crippen LogP contribution in [0.2, 0.25) is 0 Å². The maximum absolute atomic E-state index is 12.5. The number of guanidine groups is 1. The number of hydrogen-bond donors (Lipinski definition) is 2. The van der Waals surface area contributed by atoms with Gasteiger partial charge in [0.15, 0.2) is 5.96 Å². The van der Waals surface area contributed by atoms with Crippen molar-refractivity contribution in [3.63, 3.8) is 0 Å². The molecule has 0 atom stereocenters. The van der Waals surface area contributed by atoms with Gasteiger partial charge < -0.3 is 20.1 Å². The molecule has 124 valence electrons. The summed E-state index contributed by atoms with van der Waals surface area (Å²) in [6, 6.07) is 4.80. The first-order valence-electron chi connectivity index (χ1n) is 6.85. The van der Waals surface area contributed by atoms with Gasteiger partial charge >= 0.3 is 6.61 Å². The minimum Gasteiger partial charge on any atom is -0.497 e. The summed E-state index contributed by atoms with van der Waals surface area (Å²) in [4.78, 5) is 4.09. The molecule has 1 aromatic rings. The topological polar surface area (TPSA) is 54.9 Å². The van der Waals surface area contributed by atoms with Gasteiger partial charge in [-0.05, 0) is 32.9 Å². The average molecular weight is 315 g/mol. The number of halogens is 2. The van der Waals surface area contributed by atoms with Crippen LogP contribution in [0.1, 0.15) is 26.3 Å². The highest BCUT2D eigenvalue weighted by Gasteiger charge is 2.14. The van der Waals surface area contributed by atoms with Gasteiger partial charge in [-0.15, -0.1) is 0 Å². The van der Waals surface area contributed by atoms with E-state index in [1.54, 1.807) is 19.2 Å². The Morgan fingerprint density at radius 2 is 2.00 bits per heavy atom. The molecular weight excluding hydrogens is 292 g/mol. The molecule has 22 heavy (non-hydrogen) atoms. The lowest BCUT2D eigenvalue weighted by Crippen LogP contribution is -2.47. The molecule has 2 N–H and O–H groups in total. The summed E-state index contributed by atoms with van der Waals surface area (Å²) in [5, 5.41) is 6.25. The molecule has 0 radical (unpaired) electrons. The van der Waals surface area contributed by atoms with Crippen LogP contribution in [0.4, 0.5) is 8.78 Å². The van der Waals surface area contributed by atoms with Crippen molar-refractivity contribution in [3.05, 3.63) is 23.8 Å². The highest BCUT2D eigenvalue weighted by Crippen LogP contribution is 2.26. The molecule has 0 aliphatic carbocycles. The fourth-order valence-electron chi connectivity index (χ4n) is 1.73. The predicted octanol–water partition coefficient (Wildman–Crippen LogP) is 2.76. The minimum absolute atomic E-state index is 0.0769. The molecule has 0 aliphatic rings. The molecule has 0 amide bonds. The van der Waals surface area contributed by atoms with Crippen LogP contribution in [0.5, 0.6) is 11.5 Å². The first-order valence-corrected chi connectivity index (χ1v) is 6.85. The van der Waals surface area contributed by atoms with Gasteiger partial charge in [0, 0.05) is 30.8 Å². The van der Waals surface area contributed by atoms with Crippen LogP contribution in [0.25, 0.3) is 0 Å². The van der Waals surface area contributed by atoms with Crippen LogP contribution >= 0.6 is 0 Å². The Labute approximate surface area is 129 Å². The number of aliphatic imine (C=N–C) groups is 1. The molecule has 0 aromatic heterocycles. The Morgan fingerprint density at radius 3 is 2.50 bits per heavy atom. The lowest BCUT2D eigenvalue weighted by molar-refractivity contribution is -0.0505. The molecule has 0 heterocycles. The predicted molar refractivity (Wildman–Crippen MR) is 82.7 cm³/mol. The first kappa shape index (κ1) is 18.0. The average Bonchev–Trinajstić information content (AvgIpc) is 2.42. The highest BCUT2D eigenvalue weighted by molar-refractivity contribution is 5.80. The van der Waals surface area contributed by atoms with Crippen molar-refractivity contribution in [1.82, 2.24) is 10.6 Å². The Bertz CT molecular complexity index is 514. The van der Waals surface area contributed by atoms with Gasteiger partial charge in [0.05, 0.1) is 7.11 Å². The normalized spacial score (nSPS) is 12.3. The molecule has 0 bridgehead atoms. The number of nitrogens with one attached hydrogen (secondary N) is 2. The Kier molecular flexibility index (Phi) is 6.39. The summed E-state index contributed by atoms with van der Waals surface area (Å²) >= 11 is 0. The van der Waals surface area contributed by atoms with Crippen LogP contribution in [-0.4, -0.2) is 32.3 Å². The number of nitrogens with zero attached hydrogens (tertiary/aromatic N) is 1. The summed E-state index contributed by atoms with van der Waals surface area (Å²) in [5.41, 5.74) is 0.419. The number of hydrogen-bond acceptors (Lipinski definition) is 3. The van der Waals surface area contributed by atoms with Gasteiger partial charge in [-0.2, -0.15) is 8.78 Å². The molecule has 1 rings (SSSR count). The molecule has 7 heteroatoms. The Morgan fingerprint density at radius 1 is 1.32 bits per heavy atom. The zero-order chi connectivity index (χ0) is 16.8. The van der Waals surface area contributed by atoms with E-state index in [4.69, 9.17) is 4.74 Å². The fraction of sp³-hybridized carbons (Fsp3) is 0.533. The second-order valence-corrected chi connectivity index (χ2v) is 5.65. The van der Waals surface area contributed by atoms with E-state index in [-0.39, 0.29) is 11.3 Å². The number of rotatable bonds is 5. The molecule has 5 nitrogen and oxygen atoms in total. The van der Waals surface area contributed by atoms with Crippen molar-refractivity contribution in [2.75, 3.05) is 14.2 Å². The van der Waals surface area contributed by atoms with E-state index in [1.165, 1.54) is 13.2 Å². The van der Waals surface area contributed by atoms with Gasteiger partial charge in [0.25, 0.3) is 0 Å². The summed E-state index contributed by atoms with van der Waals surface area (Å²) < 4.78 is 34.6. The maximum Gasteiger partial charge on any atom is 0.387 e. The van der Waals surface area contributed by atoms with Gasteiger partial charge in [0.1, 0.15) is 11.5 Å². The summed E-state index contributed by atoms with van der Waals surface area (Å²) in [7, 11) is 3.11. The van der Waals surface area contributed by atoms with Gasteiger partial charge in [-0.25, -0.2) is 0 Å². The quantitative estimate of drug-likeness (QED) is 0.648. The molecule has 0 aliphatic heterocycles. The number of benzene rings is 1. The fourth-order valence-corrected chi connectivity index (χ4v) is 1.73. The smallest absolute Gasteiger partial charge is 0.387 e. The van der Waals surface area contributed by atoms with E-state index >= 15 is 0 Å². The van der Waals surface area contributed by atoms with Crippen molar-refractivity contribution in [1.29, 1.82) is 0 Å².